The van der Waals surface area contributed by atoms with Crippen LogP contribution in [-0.4, -0.2) is 52.7 Å². The number of anilines is 1. The van der Waals surface area contributed by atoms with Gasteiger partial charge in [0.15, 0.2) is 5.16 Å². The van der Waals surface area contributed by atoms with Gasteiger partial charge >= 0.3 is 0 Å². The summed E-state index contributed by atoms with van der Waals surface area (Å²) in [7, 11) is 0. The highest BCUT2D eigenvalue weighted by atomic mass is 35.5. The van der Waals surface area contributed by atoms with E-state index in [4.69, 9.17) is 16.3 Å². The summed E-state index contributed by atoms with van der Waals surface area (Å²) in [5.74, 6) is 1.03. The summed E-state index contributed by atoms with van der Waals surface area (Å²) in [5, 5.41) is 13.2. The van der Waals surface area contributed by atoms with Crippen molar-refractivity contribution in [3.05, 3.63) is 70.7 Å². The van der Waals surface area contributed by atoms with Gasteiger partial charge in [0.25, 0.3) is 0 Å². The van der Waals surface area contributed by atoms with Crippen molar-refractivity contribution < 1.29 is 9.53 Å². The van der Waals surface area contributed by atoms with Gasteiger partial charge in [-0.2, -0.15) is 0 Å². The van der Waals surface area contributed by atoms with Crippen molar-refractivity contribution in [2.45, 2.75) is 18.2 Å². The van der Waals surface area contributed by atoms with Crippen molar-refractivity contribution in [3.8, 4) is 0 Å². The molecule has 2 heterocycles. The van der Waals surface area contributed by atoms with Gasteiger partial charge in [0, 0.05) is 24.7 Å². The third-order valence-electron chi connectivity index (χ3n) is 4.91. The lowest BCUT2D eigenvalue weighted by molar-refractivity contribution is -0.118. The zero-order valence-electron chi connectivity index (χ0n) is 17.0. The molecule has 162 valence electrons. The molecular weight excluding hydrogens is 434 g/mol. The minimum Gasteiger partial charge on any atom is -0.378 e. The second-order valence-corrected chi connectivity index (χ2v) is 8.52. The molecular formula is C22H24ClN5O2S. The van der Waals surface area contributed by atoms with Crippen LogP contribution in [0.2, 0.25) is 5.02 Å². The predicted molar refractivity (Wildman–Crippen MR) is 123 cm³/mol. The van der Waals surface area contributed by atoms with Crippen LogP contribution in [0.1, 0.15) is 11.1 Å². The van der Waals surface area contributed by atoms with Crippen LogP contribution in [0.25, 0.3) is 0 Å². The monoisotopic (exact) mass is 457 g/mol. The molecule has 2 aromatic carbocycles. The normalized spacial score (nSPS) is 13.9. The molecule has 1 aliphatic rings. The fourth-order valence-electron chi connectivity index (χ4n) is 3.27. The standard InChI is InChI=1S/C22H24ClN5O2S/c23-19-8-6-17(7-9-19)14-24-20(29)16-31-22-26-25-21(27-10-12-30-13-11-27)28(22)15-18-4-2-1-3-5-18/h1-9H,10-16H2,(H,24,29). The Kier molecular flexibility index (Phi) is 7.45. The number of thioether (sulfide) groups is 1. The Morgan fingerprint density at radius 1 is 1.03 bits per heavy atom. The molecule has 31 heavy (non-hydrogen) atoms. The molecule has 0 spiro atoms. The molecule has 0 bridgehead atoms. The number of nitrogens with zero attached hydrogens (tertiary/aromatic N) is 4. The topological polar surface area (TPSA) is 72.3 Å². The number of carbonyl (C=O) groups excluding carboxylic acids is 1. The molecule has 1 N–H and O–H groups in total. The van der Waals surface area contributed by atoms with E-state index in [0.29, 0.717) is 31.3 Å². The smallest absolute Gasteiger partial charge is 0.230 e. The molecule has 1 fully saturated rings. The first-order valence-corrected chi connectivity index (χ1v) is 11.5. The maximum atomic E-state index is 12.4. The van der Waals surface area contributed by atoms with E-state index in [-0.39, 0.29) is 11.7 Å². The Morgan fingerprint density at radius 3 is 2.52 bits per heavy atom. The minimum absolute atomic E-state index is 0.0536. The molecule has 0 saturated carbocycles. The summed E-state index contributed by atoms with van der Waals surface area (Å²) in [5.41, 5.74) is 2.16. The highest BCUT2D eigenvalue weighted by molar-refractivity contribution is 7.99. The lowest BCUT2D eigenvalue weighted by Gasteiger charge is -2.28. The van der Waals surface area contributed by atoms with Gasteiger partial charge in [-0.05, 0) is 23.3 Å². The fraction of sp³-hybridized carbons (Fsp3) is 0.318. The Morgan fingerprint density at radius 2 is 1.77 bits per heavy atom. The van der Waals surface area contributed by atoms with E-state index in [9.17, 15) is 4.79 Å². The molecule has 1 saturated heterocycles. The first kappa shape index (κ1) is 21.7. The molecule has 3 aromatic rings. The molecule has 0 unspecified atom stereocenters. The molecule has 0 radical (unpaired) electrons. The van der Waals surface area contributed by atoms with Gasteiger partial charge in [-0.1, -0.05) is 65.8 Å². The summed E-state index contributed by atoms with van der Waals surface area (Å²) in [6.07, 6.45) is 0. The van der Waals surface area contributed by atoms with Crippen LogP contribution >= 0.6 is 23.4 Å². The van der Waals surface area contributed by atoms with E-state index in [1.54, 1.807) is 0 Å². The minimum atomic E-state index is -0.0536. The summed E-state index contributed by atoms with van der Waals surface area (Å²) in [6, 6.07) is 17.6. The van der Waals surface area contributed by atoms with Crippen molar-refractivity contribution in [2.75, 3.05) is 37.0 Å². The van der Waals surface area contributed by atoms with E-state index in [1.165, 1.54) is 11.8 Å². The number of morpholine rings is 1. The van der Waals surface area contributed by atoms with Crippen molar-refractivity contribution in [1.82, 2.24) is 20.1 Å². The van der Waals surface area contributed by atoms with Crippen LogP contribution in [0, 0.1) is 0 Å². The number of nitrogens with one attached hydrogen (secondary N) is 1. The Balaban J connectivity index is 1.42. The number of benzene rings is 2. The maximum absolute atomic E-state index is 12.4. The second kappa shape index (κ2) is 10.7. The number of carbonyl (C=O) groups is 1. The van der Waals surface area contributed by atoms with Crippen molar-refractivity contribution in [1.29, 1.82) is 0 Å². The first-order chi connectivity index (χ1) is 15.2. The average Bonchev–Trinajstić information content (AvgIpc) is 3.21. The molecule has 0 atom stereocenters. The van der Waals surface area contributed by atoms with Crippen LogP contribution in [0.4, 0.5) is 5.95 Å². The Labute approximate surface area is 190 Å². The Hall–Kier alpha value is -2.55. The molecule has 1 aromatic heterocycles. The predicted octanol–water partition coefficient (Wildman–Crippen LogP) is 3.22. The zero-order chi connectivity index (χ0) is 21.5. The van der Waals surface area contributed by atoms with Crippen LogP contribution < -0.4 is 10.2 Å². The van der Waals surface area contributed by atoms with Crippen molar-refractivity contribution in [2.24, 2.45) is 0 Å². The Bertz CT molecular complexity index is 991. The first-order valence-electron chi connectivity index (χ1n) is 10.1. The van der Waals surface area contributed by atoms with Gasteiger partial charge in [0.1, 0.15) is 0 Å². The third-order valence-corrected chi connectivity index (χ3v) is 6.13. The van der Waals surface area contributed by atoms with E-state index < -0.39 is 0 Å². The molecule has 4 rings (SSSR count). The van der Waals surface area contributed by atoms with Gasteiger partial charge in [-0.3, -0.25) is 9.36 Å². The van der Waals surface area contributed by atoms with Gasteiger partial charge in [0.2, 0.25) is 11.9 Å². The number of amides is 1. The van der Waals surface area contributed by atoms with E-state index >= 15 is 0 Å². The number of hydrogen-bond acceptors (Lipinski definition) is 6. The van der Waals surface area contributed by atoms with Crippen molar-refractivity contribution >= 4 is 35.2 Å². The highest BCUT2D eigenvalue weighted by Crippen LogP contribution is 2.24. The van der Waals surface area contributed by atoms with Crippen LogP contribution in [-0.2, 0) is 22.6 Å². The van der Waals surface area contributed by atoms with E-state index in [0.717, 1.165) is 35.3 Å². The van der Waals surface area contributed by atoms with E-state index in [1.807, 2.05) is 42.5 Å². The fourth-order valence-corrected chi connectivity index (χ4v) is 4.16. The largest absolute Gasteiger partial charge is 0.378 e. The van der Waals surface area contributed by atoms with Gasteiger partial charge in [-0.15, -0.1) is 10.2 Å². The molecule has 7 nitrogen and oxygen atoms in total. The number of ether oxygens (including phenoxy) is 1. The molecule has 0 aliphatic carbocycles. The van der Waals surface area contributed by atoms with Gasteiger partial charge in [-0.25, -0.2) is 0 Å². The SMILES string of the molecule is O=C(CSc1nnc(N2CCOCC2)n1Cc1ccccc1)NCc1ccc(Cl)cc1. The van der Waals surface area contributed by atoms with Crippen LogP contribution in [0.5, 0.6) is 0 Å². The summed E-state index contributed by atoms with van der Waals surface area (Å²) < 4.78 is 7.55. The van der Waals surface area contributed by atoms with Gasteiger partial charge in [0.05, 0.1) is 25.5 Å². The van der Waals surface area contributed by atoms with Gasteiger partial charge < -0.3 is 15.0 Å². The molecule has 1 aliphatic heterocycles. The van der Waals surface area contributed by atoms with E-state index in [2.05, 4.69) is 37.1 Å². The summed E-state index contributed by atoms with van der Waals surface area (Å²) in [6.45, 7) is 4.02. The zero-order valence-corrected chi connectivity index (χ0v) is 18.6. The summed E-state index contributed by atoms with van der Waals surface area (Å²) >= 11 is 7.30. The number of aromatic nitrogens is 3. The maximum Gasteiger partial charge on any atom is 0.230 e. The second-order valence-electron chi connectivity index (χ2n) is 7.15. The molecule has 1 amide bonds. The van der Waals surface area contributed by atoms with Crippen LogP contribution in [0.15, 0.2) is 59.8 Å². The lowest BCUT2D eigenvalue weighted by Crippen LogP contribution is -2.38. The third kappa shape index (κ3) is 6.00. The van der Waals surface area contributed by atoms with Crippen molar-refractivity contribution in [3.63, 3.8) is 0 Å². The quantitative estimate of drug-likeness (QED) is 0.523. The lowest BCUT2D eigenvalue weighted by atomic mass is 10.2. The summed E-state index contributed by atoms with van der Waals surface area (Å²) in [4.78, 5) is 14.6. The molecule has 9 heteroatoms. The average molecular weight is 458 g/mol. The highest BCUT2D eigenvalue weighted by Gasteiger charge is 2.21. The van der Waals surface area contributed by atoms with Crippen LogP contribution in [0.3, 0.4) is 0 Å². The number of halogens is 1. The number of hydrogen-bond donors (Lipinski definition) is 1. The number of rotatable bonds is 8.